The van der Waals surface area contributed by atoms with Crippen LogP contribution < -0.4 is 10.6 Å². The van der Waals surface area contributed by atoms with Crippen molar-refractivity contribution in [3.63, 3.8) is 0 Å². The average molecular weight is 262 g/mol. The second kappa shape index (κ2) is 6.17. The van der Waals surface area contributed by atoms with Crippen LogP contribution in [0.3, 0.4) is 0 Å². The van der Waals surface area contributed by atoms with Gasteiger partial charge in [0.05, 0.1) is 18.4 Å². The number of anilines is 1. The standard InChI is InChI=1S/C13H18N4O2/c1-2-14-10-4-5-11(16-8-10)13(19)17-7-3-6-15-12(18)9-17/h4-5,8,14H,2-3,6-7,9H2,1H3,(H,15,18). The summed E-state index contributed by atoms with van der Waals surface area (Å²) >= 11 is 0. The largest absolute Gasteiger partial charge is 0.384 e. The molecule has 0 aromatic carbocycles. The molecule has 0 unspecified atom stereocenters. The summed E-state index contributed by atoms with van der Waals surface area (Å²) in [4.78, 5) is 29.3. The van der Waals surface area contributed by atoms with Gasteiger partial charge in [0, 0.05) is 19.6 Å². The van der Waals surface area contributed by atoms with Crippen LogP contribution in [0.15, 0.2) is 18.3 Å². The molecule has 1 aliphatic rings. The van der Waals surface area contributed by atoms with Crippen molar-refractivity contribution in [1.82, 2.24) is 15.2 Å². The van der Waals surface area contributed by atoms with Crippen LogP contribution >= 0.6 is 0 Å². The summed E-state index contributed by atoms with van der Waals surface area (Å²) in [5.74, 6) is -0.310. The topological polar surface area (TPSA) is 74.3 Å². The molecule has 0 aliphatic carbocycles. The van der Waals surface area contributed by atoms with Crippen molar-refractivity contribution in [2.45, 2.75) is 13.3 Å². The van der Waals surface area contributed by atoms with Gasteiger partial charge in [-0.05, 0) is 25.5 Å². The summed E-state index contributed by atoms with van der Waals surface area (Å²) in [5, 5.41) is 5.86. The highest BCUT2D eigenvalue weighted by atomic mass is 16.2. The maximum Gasteiger partial charge on any atom is 0.272 e. The van der Waals surface area contributed by atoms with Crippen LogP contribution in [0.4, 0.5) is 5.69 Å². The molecule has 0 radical (unpaired) electrons. The molecular weight excluding hydrogens is 244 g/mol. The van der Waals surface area contributed by atoms with E-state index in [9.17, 15) is 9.59 Å². The number of rotatable bonds is 3. The van der Waals surface area contributed by atoms with E-state index in [4.69, 9.17) is 0 Å². The Morgan fingerprint density at radius 2 is 2.37 bits per heavy atom. The molecule has 1 saturated heterocycles. The Labute approximate surface area is 112 Å². The maximum atomic E-state index is 12.2. The van der Waals surface area contributed by atoms with E-state index in [0.717, 1.165) is 18.7 Å². The predicted octanol–water partition coefficient (Wildman–Crippen LogP) is 0.475. The summed E-state index contributed by atoms with van der Waals surface area (Å²) in [6.07, 6.45) is 2.40. The van der Waals surface area contributed by atoms with Crippen molar-refractivity contribution in [1.29, 1.82) is 0 Å². The molecule has 0 spiro atoms. The zero-order valence-electron chi connectivity index (χ0n) is 11.0. The number of hydrogen-bond donors (Lipinski definition) is 2. The van der Waals surface area contributed by atoms with Crippen molar-refractivity contribution in [2.24, 2.45) is 0 Å². The summed E-state index contributed by atoms with van der Waals surface area (Å²) in [6, 6.07) is 3.50. The molecule has 1 fully saturated rings. The summed E-state index contributed by atoms with van der Waals surface area (Å²) in [6.45, 7) is 4.11. The van der Waals surface area contributed by atoms with E-state index in [2.05, 4.69) is 15.6 Å². The molecule has 2 amide bonds. The fourth-order valence-electron chi connectivity index (χ4n) is 1.97. The lowest BCUT2D eigenvalue weighted by Crippen LogP contribution is -2.37. The SMILES string of the molecule is CCNc1ccc(C(=O)N2CCCNC(=O)C2)nc1. The Bertz CT molecular complexity index is 458. The van der Waals surface area contributed by atoms with Gasteiger partial charge < -0.3 is 15.5 Å². The minimum atomic E-state index is -0.194. The molecule has 102 valence electrons. The molecule has 2 N–H and O–H groups in total. The molecule has 1 aromatic heterocycles. The molecule has 1 aromatic rings. The van der Waals surface area contributed by atoms with Crippen LogP contribution in [0.5, 0.6) is 0 Å². The van der Waals surface area contributed by atoms with Crippen LogP contribution in [-0.4, -0.2) is 47.9 Å². The first kappa shape index (κ1) is 13.3. The van der Waals surface area contributed by atoms with E-state index >= 15 is 0 Å². The number of hydrogen-bond acceptors (Lipinski definition) is 4. The predicted molar refractivity (Wildman–Crippen MR) is 71.9 cm³/mol. The van der Waals surface area contributed by atoms with E-state index < -0.39 is 0 Å². The average Bonchev–Trinajstić information content (AvgIpc) is 2.64. The number of pyridine rings is 1. The lowest BCUT2D eigenvalue weighted by atomic mass is 10.3. The Morgan fingerprint density at radius 1 is 1.53 bits per heavy atom. The third kappa shape index (κ3) is 3.43. The van der Waals surface area contributed by atoms with Crippen molar-refractivity contribution < 1.29 is 9.59 Å². The normalized spacial score (nSPS) is 15.6. The first-order valence-electron chi connectivity index (χ1n) is 6.46. The smallest absolute Gasteiger partial charge is 0.272 e. The first-order chi connectivity index (χ1) is 9.20. The molecular formula is C13H18N4O2. The van der Waals surface area contributed by atoms with Crippen molar-refractivity contribution in [3.8, 4) is 0 Å². The molecule has 2 rings (SSSR count). The number of nitrogens with one attached hydrogen (secondary N) is 2. The zero-order chi connectivity index (χ0) is 13.7. The van der Waals surface area contributed by atoms with Gasteiger partial charge in [-0.1, -0.05) is 0 Å². The summed E-state index contributed by atoms with van der Waals surface area (Å²) in [7, 11) is 0. The van der Waals surface area contributed by atoms with Gasteiger partial charge in [0.25, 0.3) is 5.91 Å². The highest BCUT2D eigenvalue weighted by Crippen LogP contribution is 2.09. The Morgan fingerprint density at radius 3 is 3.05 bits per heavy atom. The lowest BCUT2D eigenvalue weighted by molar-refractivity contribution is -0.121. The van der Waals surface area contributed by atoms with Gasteiger partial charge in [-0.25, -0.2) is 4.98 Å². The van der Waals surface area contributed by atoms with Crippen LogP contribution in [0, 0.1) is 0 Å². The fraction of sp³-hybridized carbons (Fsp3) is 0.462. The monoisotopic (exact) mass is 262 g/mol. The van der Waals surface area contributed by atoms with Gasteiger partial charge in [0.1, 0.15) is 5.69 Å². The molecule has 19 heavy (non-hydrogen) atoms. The highest BCUT2D eigenvalue weighted by Gasteiger charge is 2.21. The molecule has 1 aliphatic heterocycles. The van der Waals surface area contributed by atoms with Crippen LogP contribution in [0.2, 0.25) is 0 Å². The molecule has 6 heteroatoms. The van der Waals surface area contributed by atoms with Gasteiger partial charge in [-0.2, -0.15) is 0 Å². The van der Waals surface area contributed by atoms with Gasteiger partial charge in [0.15, 0.2) is 0 Å². The van der Waals surface area contributed by atoms with E-state index in [1.54, 1.807) is 12.3 Å². The maximum absolute atomic E-state index is 12.2. The fourth-order valence-corrected chi connectivity index (χ4v) is 1.97. The summed E-state index contributed by atoms with van der Waals surface area (Å²) < 4.78 is 0. The molecule has 6 nitrogen and oxygen atoms in total. The van der Waals surface area contributed by atoms with Crippen LogP contribution in [0.1, 0.15) is 23.8 Å². The summed E-state index contributed by atoms with van der Waals surface area (Å²) in [5.41, 5.74) is 1.25. The van der Waals surface area contributed by atoms with Crippen LogP contribution in [0.25, 0.3) is 0 Å². The van der Waals surface area contributed by atoms with E-state index in [1.807, 2.05) is 13.0 Å². The zero-order valence-corrected chi connectivity index (χ0v) is 11.0. The molecule has 0 bridgehead atoms. The van der Waals surface area contributed by atoms with Crippen molar-refractivity contribution >= 4 is 17.5 Å². The van der Waals surface area contributed by atoms with Crippen molar-refractivity contribution in [3.05, 3.63) is 24.0 Å². The minimum Gasteiger partial charge on any atom is -0.384 e. The molecule has 2 heterocycles. The van der Waals surface area contributed by atoms with E-state index in [0.29, 0.717) is 18.8 Å². The van der Waals surface area contributed by atoms with Gasteiger partial charge in [-0.15, -0.1) is 0 Å². The third-order valence-corrected chi connectivity index (χ3v) is 2.91. The third-order valence-electron chi connectivity index (χ3n) is 2.91. The second-order valence-corrected chi connectivity index (χ2v) is 4.39. The number of carbonyl (C=O) groups excluding carboxylic acids is 2. The molecule has 0 saturated carbocycles. The Balaban J connectivity index is 2.07. The number of carbonyl (C=O) groups is 2. The first-order valence-corrected chi connectivity index (χ1v) is 6.46. The van der Waals surface area contributed by atoms with E-state index in [1.165, 1.54) is 4.90 Å². The molecule has 0 atom stereocenters. The lowest BCUT2D eigenvalue weighted by Gasteiger charge is -2.18. The number of aromatic nitrogens is 1. The van der Waals surface area contributed by atoms with Gasteiger partial charge in [-0.3, -0.25) is 9.59 Å². The van der Waals surface area contributed by atoms with Gasteiger partial charge in [0.2, 0.25) is 5.91 Å². The van der Waals surface area contributed by atoms with Crippen LogP contribution in [-0.2, 0) is 4.79 Å². The second-order valence-electron chi connectivity index (χ2n) is 4.39. The minimum absolute atomic E-state index is 0.107. The van der Waals surface area contributed by atoms with Gasteiger partial charge >= 0.3 is 0 Å². The van der Waals surface area contributed by atoms with Crippen molar-refractivity contribution in [2.75, 3.05) is 31.5 Å². The highest BCUT2D eigenvalue weighted by molar-refractivity contribution is 5.95. The van der Waals surface area contributed by atoms with E-state index in [-0.39, 0.29) is 18.4 Å². The Kier molecular flexibility index (Phi) is 4.33. The quantitative estimate of drug-likeness (QED) is 0.830. The Hall–Kier alpha value is -2.11. The number of amides is 2. The number of nitrogens with zero attached hydrogens (tertiary/aromatic N) is 2.